The molecule has 0 saturated carbocycles. The molecular weight excluding hydrogens is 198 g/mol. The number of nitrogens with one attached hydrogen (secondary N) is 1. The van der Waals surface area contributed by atoms with E-state index in [1.54, 1.807) is 6.20 Å². The number of aromatic nitrogens is 2. The molecule has 0 aliphatic heterocycles. The third kappa shape index (κ3) is 5.10. The second kappa shape index (κ2) is 7.20. The third-order valence-electron chi connectivity index (χ3n) is 2.66. The molecule has 1 unspecified atom stereocenters. The van der Waals surface area contributed by atoms with Crippen LogP contribution in [-0.2, 0) is 0 Å². The number of nitrogens with zero attached hydrogens (tertiary/aromatic N) is 2. The maximum atomic E-state index is 4.34. The molecule has 16 heavy (non-hydrogen) atoms. The van der Waals surface area contributed by atoms with Gasteiger partial charge < -0.3 is 5.32 Å². The van der Waals surface area contributed by atoms with Crippen LogP contribution >= 0.6 is 0 Å². The Hall–Kier alpha value is -1.12. The smallest absolute Gasteiger partial charge is 0.223 e. The van der Waals surface area contributed by atoms with E-state index in [0.717, 1.165) is 11.6 Å². The fraction of sp³-hybridized carbons (Fsp3) is 0.692. The molecule has 3 nitrogen and oxygen atoms in total. The number of aryl methyl sites for hydroxylation is 1. The summed E-state index contributed by atoms with van der Waals surface area (Å²) < 4.78 is 0. The average Bonchev–Trinajstić information content (AvgIpc) is 2.24. The van der Waals surface area contributed by atoms with Crippen molar-refractivity contribution in [1.82, 2.24) is 9.97 Å². The monoisotopic (exact) mass is 221 g/mol. The highest BCUT2D eigenvalue weighted by atomic mass is 15.1. The van der Waals surface area contributed by atoms with Crippen molar-refractivity contribution in [3.05, 3.63) is 18.0 Å². The van der Waals surface area contributed by atoms with Gasteiger partial charge in [0.15, 0.2) is 0 Å². The van der Waals surface area contributed by atoms with E-state index in [9.17, 15) is 0 Å². The molecule has 1 rings (SSSR count). The Morgan fingerprint density at radius 3 is 2.81 bits per heavy atom. The van der Waals surface area contributed by atoms with E-state index in [0.29, 0.717) is 6.04 Å². The lowest BCUT2D eigenvalue weighted by Crippen LogP contribution is -2.17. The second-order valence-electron chi connectivity index (χ2n) is 4.42. The minimum atomic E-state index is 0.457. The Morgan fingerprint density at radius 1 is 1.31 bits per heavy atom. The average molecular weight is 221 g/mol. The predicted octanol–water partition coefficient (Wildman–Crippen LogP) is 3.56. The van der Waals surface area contributed by atoms with Gasteiger partial charge in [0, 0.05) is 17.9 Å². The molecule has 1 aromatic heterocycles. The SMILES string of the molecule is CCCCCCC(C)Nc1nccc(C)n1. The van der Waals surface area contributed by atoms with Crippen molar-refractivity contribution in [3.63, 3.8) is 0 Å². The van der Waals surface area contributed by atoms with Crippen LogP contribution in [0.1, 0.15) is 51.6 Å². The van der Waals surface area contributed by atoms with E-state index < -0.39 is 0 Å². The molecule has 0 radical (unpaired) electrons. The van der Waals surface area contributed by atoms with Gasteiger partial charge in [-0.2, -0.15) is 0 Å². The molecule has 0 aliphatic carbocycles. The number of hydrogen-bond acceptors (Lipinski definition) is 3. The molecule has 3 heteroatoms. The van der Waals surface area contributed by atoms with Crippen molar-refractivity contribution in [1.29, 1.82) is 0 Å². The fourth-order valence-corrected chi connectivity index (χ4v) is 1.69. The molecule has 1 N–H and O–H groups in total. The zero-order chi connectivity index (χ0) is 11.8. The molecule has 90 valence electrons. The molecule has 1 heterocycles. The summed E-state index contributed by atoms with van der Waals surface area (Å²) in [4.78, 5) is 8.54. The Kier molecular flexibility index (Phi) is 5.83. The molecule has 1 aromatic rings. The summed E-state index contributed by atoms with van der Waals surface area (Å²) >= 11 is 0. The Balaban J connectivity index is 2.25. The summed E-state index contributed by atoms with van der Waals surface area (Å²) in [6.07, 6.45) is 8.24. The van der Waals surface area contributed by atoms with Crippen molar-refractivity contribution in [2.45, 2.75) is 58.9 Å². The highest BCUT2D eigenvalue weighted by Crippen LogP contribution is 2.09. The molecule has 0 saturated heterocycles. The van der Waals surface area contributed by atoms with E-state index in [1.807, 2.05) is 13.0 Å². The maximum absolute atomic E-state index is 4.34. The van der Waals surface area contributed by atoms with Crippen LogP contribution in [0.25, 0.3) is 0 Å². The number of unbranched alkanes of at least 4 members (excludes halogenated alkanes) is 3. The summed E-state index contributed by atoms with van der Waals surface area (Å²) in [5.74, 6) is 0.753. The lowest BCUT2D eigenvalue weighted by molar-refractivity contribution is 0.591. The van der Waals surface area contributed by atoms with E-state index in [1.165, 1.54) is 32.1 Å². The lowest BCUT2D eigenvalue weighted by atomic mass is 10.1. The molecule has 1 atom stereocenters. The molecule has 0 aromatic carbocycles. The largest absolute Gasteiger partial charge is 0.352 e. The minimum Gasteiger partial charge on any atom is -0.352 e. The summed E-state index contributed by atoms with van der Waals surface area (Å²) in [5.41, 5.74) is 1.01. The normalized spacial score (nSPS) is 12.4. The first kappa shape index (κ1) is 12.9. The van der Waals surface area contributed by atoms with Crippen LogP contribution in [0.4, 0.5) is 5.95 Å². The van der Waals surface area contributed by atoms with Crippen LogP contribution < -0.4 is 5.32 Å². The van der Waals surface area contributed by atoms with Gasteiger partial charge in [-0.3, -0.25) is 0 Å². The molecule has 0 spiro atoms. The van der Waals surface area contributed by atoms with Crippen molar-refractivity contribution in [3.8, 4) is 0 Å². The Bertz CT molecular complexity index is 299. The molecule has 0 fully saturated rings. The maximum Gasteiger partial charge on any atom is 0.223 e. The fourth-order valence-electron chi connectivity index (χ4n) is 1.69. The number of hydrogen-bond donors (Lipinski definition) is 1. The molecule has 0 amide bonds. The summed E-state index contributed by atoms with van der Waals surface area (Å²) in [5, 5.41) is 3.34. The van der Waals surface area contributed by atoms with Gasteiger partial charge in [-0.05, 0) is 26.3 Å². The van der Waals surface area contributed by atoms with Gasteiger partial charge in [0.05, 0.1) is 0 Å². The summed E-state index contributed by atoms with van der Waals surface area (Å²) in [7, 11) is 0. The molecular formula is C13H23N3. The first-order valence-electron chi connectivity index (χ1n) is 6.28. The van der Waals surface area contributed by atoms with Crippen LogP contribution in [-0.4, -0.2) is 16.0 Å². The van der Waals surface area contributed by atoms with Gasteiger partial charge in [0.2, 0.25) is 5.95 Å². The highest BCUT2D eigenvalue weighted by Gasteiger charge is 2.03. The topological polar surface area (TPSA) is 37.8 Å². The van der Waals surface area contributed by atoms with Gasteiger partial charge in [-0.15, -0.1) is 0 Å². The minimum absolute atomic E-state index is 0.457. The van der Waals surface area contributed by atoms with Crippen LogP contribution in [0, 0.1) is 6.92 Å². The predicted molar refractivity (Wildman–Crippen MR) is 68.6 cm³/mol. The Morgan fingerprint density at radius 2 is 2.12 bits per heavy atom. The van der Waals surface area contributed by atoms with Crippen molar-refractivity contribution in [2.24, 2.45) is 0 Å². The zero-order valence-corrected chi connectivity index (χ0v) is 10.7. The Labute approximate surface area is 98.7 Å². The molecule has 0 bridgehead atoms. The van der Waals surface area contributed by atoms with Gasteiger partial charge in [0.25, 0.3) is 0 Å². The lowest BCUT2D eigenvalue weighted by Gasteiger charge is -2.13. The first-order valence-corrected chi connectivity index (χ1v) is 6.28. The van der Waals surface area contributed by atoms with Crippen molar-refractivity contribution < 1.29 is 0 Å². The van der Waals surface area contributed by atoms with Gasteiger partial charge in [0.1, 0.15) is 0 Å². The van der Waals surface area contributed by atoms with E-state index in [4.69, 9.17) is 0 Å². The second-order valence-corrected chi connectivity index (χ2v) is 4.42. The van der Waals surface area contributed by atoms with Gasteiger partial charge in [-0.1, -0.05) is 32.6 Å². The third-order valence-corrected chi connectivity index (χ3v) is 2.66. The van der Waals surface area contributed by atoms with E-state index in [-0.39, 0.29) is 0 Å². The van der Waals surface area contributed by atoms with Crippen molar-refractivity contribution >= 4 is 5.95 Å². The highest BCUT2D eigenvalue weighted by molar-refractivity contribution is 5.25. The van der Waals surface area contributed by atoms with Crippen molar-refractivity contribution in [2.75, 3.05) is 5.32 Å². The van der Waals surface area contributed by atoms with E-state index >= 15 is 0 Å². The summed E-state index contributed by atoms with van der Waals surface area (Å²) in [6.45, 7) is 6.42. The van der Waals surface area contributed by atoms with E-state index in [2.05, 4.69) is 29.1 Å². The standard InChI is InChI=1S/C13H23N3/c1-4-5-6-7-8-11(2)15-13-14-10-9-12(3)16-13/h9-11H,4-8H2,1-3H3,(H,14,15,16). The van der Waals surface area contributed by atoms with Gasteiger partial charge >= 0.3 is 0 Å². The van der Waals surface area contributed by atoms with Crippen LogP contribution in [0.5, 0.6) is 0 Å². The zero-order valence-electron chi connectivity index (χ0n) is 10.7. The van der Waals surface area contributed by atoms with Gasteiger partial charge in [-0.25, -0.2) is 9.97 Å². The van der Waals surface area contributed by atoms with Crippen LogP contribution in [0.15, 0.2) is 12.3 Å². The summed E-state index contributed by atoms with van der Waals surface area (Å²) in [6, 6.07) is 2.37. The quantitative estimate of drug-likeness (QED) is 0.715. The molecule has 0 aliphatic rings. The number of anilines is 1. The van der Waals surface area contributed by atoms with Crippen LogP contribution in [0.3, 0.4) is 0 Å². The number of rotatable bonds is 7. The first-order chi connectivity index (χ1) is 7.72. The van der Waals surface area contributed by atoms with Crippen LogP contribution in [0.2, 0.25) is 0 Å².